The highest BCUT2D eigenvalue weighted by atomic mass is 32.2. The Balaban J connectivity index is 1.35. The molecule has 0 amide bonds. The first kappa shape index (κ1) is 20.8. The summed E-state index contributed by atoms with van der Waals surface area (Å²) in [6, 6.07) is 20.7. The van der Waals surface area contributed by atoms with Crippen molar-refractivity contribution in [3.05, 3.63) is 72.3 Å². The maximum atomic E-state index is 12.9. The second-order valence-electron chi connectivity index (χ2n) is 7.57. The number of fused-ring (bicyclic) bond motifs is 1. The highest BCUT2D eigenvalue weighted by Crippen LogP contribution is 2.21. The third kappa shape index (κ3) is 4.99. The molecule has 1 atom stereocenters. The average molecular weight is 427 g/mol. The lowest BCUT2D eigenvalue weighted by molar-refractivity contribution is 0.201. The summed E-state index contributed by atoms with van der Waals surface area (Å²) < 4.78 is 34.0. The molecule has 30 heavy (non-hydrogen) atoms. The van der Waals surface area contributed by atoms with Gasteiger partial charge in [0.2, 0.25) is 10.0 Å². The fraction of sp³-hybridized carbons (Fsp3) is 0.304. The van der Waals surface area contributed by atoms with Crippen molar-refractivity contribution in [2.45, 2.75) is 23.9 Å². The van der Waals surface area contributed by atoms with E-state index in [1.54, 1.807) is 12.1 Å². The van der Waals surface area contributed by atoms with Crippen molar-refractivity contribution in [1.82, 2.24) is 9.62 Å². The summed E-state index contributed by atoms with van der Waals surface area (Å²) in [6.07, 6.45) is 0.782. The molecule has 1 fully saturated rings. The number of rotatable bonds is 8. The minimum absolute atomic E-state index is 0.00791. The second kappa shape index (κ2) is 9.14. The van der Waals surface area contributed by atoms with Crippen LogP contribution in [-0.2, 0) is 16.6 Å². The molecule has 0 spiro atoms. The Kier molecular flexibility index (Phi) is 6.34. The van der Waals surface area contributed by atoms with Gasteiger partial charge in [0.05, 0.1) is 11.5 Å². The number of ether oxygens (including phenoxy) is 1. The number of hydrogen-bond acceptors (Lipinski definition) is 5. The summed E-state index contributed by atoms with van der Waals surface area (Å²) >= 11 is 0. The van der Waals surface area contributed by atoms with Crippen LogP contribution >= 0.6 is 0 Å². The first-order valence-corrected chi connectivity index (χ1v) is 11.6. The van der Waals surface area contributed by atoms with Gasteiger partial charge in [0, 0.05) is 25.7 Å². The number of nitrogens with zero attached hydrogens (tertiary/aromatic N) is 1. The van der Waals surface area contributed by atoms with Gasteiger partial charge in [0.15, 0.2) is 0 Å². The van der Waals surface area contributed by atoms with E-state index in [1.165, 1.54) is 0 Å². The zero-order valence-corrected chi connectivity index (χ0v) is 17.5. The molecule has 0 bridgehead atoms. The molecule has 0 aliphatic carbocycles. The van der Waals surface area contributed by atoms with E-state index < -0.39 is 10.0 Å². The summed E-state index contributed by atoms with van der Waals surface area (Å²) in [5, 5.41) is 10.8. The Hall–Kier alpha value is -2.45. The molecule has 0 unspecified atom stereocenters. The predicted molar refractivity (Wildman–Crippen MR) is 117 cm³/mol. The normalized spacial score (nSPS) is 17.4. The lowest BCUT2D eigenvalue weighted by atomic mass is 10.1. The Labute approximate surface area is 177 Å². The number of benzene rings is 3. The number of nitrogens with one attached hydrogen (secondary N) is 1. The molecule has 0 aromatic heterocycles. The fourth-order valence-electron chi connectivity index (χ4n) is 3.81. The first-order chi connectivity index (χ1) is 14.5. The van der Waals surface area contributed by atoms with E-state index in [-0.39, 0.29) is 19.3 Å². The number of sulfonamides is 1. The number of aliphatic hydroxyl groups excluding tert-OH is 1. The van der Waals surface area contributed by atoms with Gasteiger partial charge in [-0.05, 0) is 47.0 Å². The molecular formula is C23H26N2O4S. The van der Waals surface area contributed by atoms with Gasteiger partial charge < -0.3 is 9.84 Å². The van der Waals surface area contributed by atoms with Gasteiger partial charge in [-0.15, -0.1) is 0 Å². The van der Waals surface area contributed by atoms with Crippen LogP contribution in [0.2, 0.25) is 0 Å². The Morgan fingerprint density at radius 1 is 1.03 bits per heavy atom. The molecule has 3 aromatic rings. The van der Waals surface area contributed by atoms with Crippen LogP contribution in [0.25, 0.3) is 10.8 Å². The smallest absolute Gasteiger partial charge is 0.240 e. The SMILES string of the molecule is O=S(=O)(N[C@@H]1CCN(Cc2ccc(OCCO)cc2)C1)c1ccc2ccccc2c1. The monoisotopic (exact) mass is 426 g/mol. The largest absolute Gasteiger partial charge is 0.491 e. The van der Waals surface area contributed by atoms with Gasteiger partial charge >= 0.3 is 0 Å². The number of likely N-dealkylation sites (tertiary alicyclic amines) is 1. The fourth-order valence-corrected chi connectivity index (χ4v) is 5.10. The first-order valence-electron chi connectivity index (χ1n) is 10.1. The molecule has 6 nitrogen and oxygen atoms in total. The molecule has 1 heterocycles. The molecule has 0 saturated carbocycles. The second-order valence-corrected chi connectivity index (χ2v) is 9.28. The Bertz CT molecular complexity index is 1100. The molecule has 1 saturated heterocycles. The highest BCUT2D eigenvalue weighted by Gasteiger charge is 2.27. The molecule has 1 aliphatic rings. The predicted octanol–water partition coefficient (Wildman–Crippen LogP) is 2.76. The summed E-state index contributed by atoms with van der Waals surface area (Å²) in [7, 11) is -3.56. The summed E-state index contributed by atoms with van der Waals surface area (Å²) in [6.45, 7) is 2.55. The zero-order valence-electron chi connectivity index (χ0n) is 16.7. The van der Waals surface area contributed by atoms with Crippen LogP contribution in [0.15, 0.2) is 71.6 Å². The minimum atomic E-state index is -3.56. The summed E-state index contributed by atoms with van der Waals surface area (Å²) in [4.78, 5) is 2.55. The van der Waals surface area contributed by atoms with Crippen LogP contribution in [-0.4, -0.2) is 50.8 Å². The molecule has 7 heteroatoms. The van der Waals surface area contributed by atoms with Gasteiger partial charge in [-0.2, -0.15) is 0 Å². The Morgan fingerprint density at radius 2 is 1.80 bits per heavy atom. The van der Waals surface area contributed by atoms with Crippen molar-refractivity contribution in [3.63, 3.8) is 0 Å². The van der Waals surface area contributed by atoms with Crippen LogP contribution in [0.1, 0.15) is 12.0 Å². The van der Waals surface area contributed by atoms with Crippen molar-refractivity contribution in [3.8, 4) is 5.75 Å². The van der Waals surface area contributed by atoms with Gasteiger partial charge in [-0.3, -0.25) is 4.90 Å². The van der Waals surface area contributed by atoms with Crippen molar-refractivity contribution in [2.75, 3.05) is 26.3 Å². The summed E-state index contributed by atoms with van der Waals surface area (Å²) in [5.41, 5.74) is 1.14. The lowest BCUT2D eigenvalue weighted by Gasteiger charge is -2.17. The van der Waals surface area contributed by atoms with E-state index in [9.17, 15) is 8.42 Å². The van der Waals surface area contributed by atoms with Crippen molar-refractivity contribution in [1.29, 1.82) is 0 Å². The third-order valence-electron chi connectivity index (χ3n) is 5.31. The van der Waals surface area contributed by atoms with E-state index >= 15 is 0 Å². The van der Waals surface area contributed by atoms with E-state index in [0.29, 0.717) is 11.4 Å². The summed E-state index contributed by atoms with van der Waals surface area (Å²) in [5.74, 6) is 0.732. The highest BCUT2D eigenvalue weighted by molar-refractivity contribution is 7.89. The maximum absolute atomic E-state index is 12.9. The number of aliphatic hydroxyl groups is 1. The topological polar surface area (TPSA) is 78.9 Å². The molecule has 3 aromatic carbocycles. The zero-order chi connectivity index (χ0) is 21.0. The van der Waals surface area contributed by atoms with Gasteiger partial charge in [0.1, 0.15) is 12.4 Å². The van der Waals surface area contributed by atoms with Gasteiger partial charge in [-0.25, -0.2) is 13.1 Å². The Morgan fingerprint density at radius 3 is 2.57 bits per heavy atom. The van der Waals surface area contributed by atoms with E-state index in [1.807, 2.05) is 54.6 Å². The van der Waals surface area contributed by atoms with Crippen molar-refractivity contribution < 1.29 is 18.3 Å². The molecular weight excluding hydrogens is 400 g/mol. The van der Waals surface area contributed by atoms with Gasteiger partial charge in [-0.1, -0.05) is 42.5 Å². The average Bonchev–Trinajstić information content (AvgIpc) is 3.19. The molecule has 2 N–H and O–H groups in total. The maximum Gasteiger partial charge on any atom is 0.240 e. The molecule has 0 radical (unpaired) electrons. The van der Waals surface area contributed by atoms with Crippen LogP contribution < -0.4 is 9.46 Å². The quantitative estimate of drug-likeness (QED) is 0.579. The van der Waals surface area contributed by atoms with Crippen LogP contribution in [0, 0.1) is 0 Å². The van der Waals surface area contributed by atoms with Crippen LogP contribution in [0.5, 0.6) is 5.75 Å². The third-order valence-corrected chi connectivity index (χ3v) is 6.83. The van der Waals surface area contributed by atoms with Gasteiger partial charge in [0.25, 0.3) is 0 Å². The standard InChI is InChI=1S/C23H26N2O4S/c26-13-14-29-22-8-5-18(6-9-22)16-25-12-11-21(17-25)24-30(27,28)23-10-7-19-3-1-2-4-20(19)15-23/h1-10,15,21,24,26H,11-14,16-17H2/t21-/m1/s1. The van der Waals surface area contributed by atoms with Crippen LogP contribution in [0.4, 0.5) is 0 Å². The molecule has 4 rings (SSSR count). The lowest BCUT2D eigenvalue weighted by Crippen LogP contribution is -2.36. The van der Waals surface area contributed by atoms with E-state index in [0.717, 1.165) is 41.6 Å². The van der Waals surface area contributed by atoms with Crippen molar-refractivity contribution in [2.24, 2.45) is 0 Å². The molecule has 158 valence electrons. The van der Waals surface area contributed by atoms with Crippen LogP contribution in [0.3, 0.4) is 0 Å². The van der Waals surface area contributed by atoms with E-state index in [4.69, 9.17) is 9.84 Å². The molecule has 1 aliphatic heterocycles. The van der Waals surface area contributed by atoms with Crippen molar-refractivity contribution >= 4 is 20.8 Å². The van der Waals surface area contributed by atoms with E-state index in [2.05, 4.69) is 9.62 Å². The minimum Gasteiger partial charge on any atom is -0.491 e. The number of hydrogen-bond donors (Lipinski definition) is 2.